The van der Waals surface area contributed by atoms with Crippen LogP contribution in [0, 0.1) is 5.41 Å². The second-order valence-electron chi connectivity index (χ2n) is 8.56. The maximum absolute atomic E-state index is 13.0. The van der Waals surface area contributed by atoms with E-state index >= 15 is 0 Å². The fourth-order valence-electron chi connectivity index (χ4n) is 5.07. The van der Waals surface area contributed by atoms with E-state index in [1.807, 2.05) is 24.1 Å². The molecule has 0 N–H and O–H groups in total. The van der Waals surface area contributed by atoms with Gasteiger partial charge in [0.2, 0.25) is 5.91 Å². The van der Waals surface area contributed by atoms with E-state index in [0.717, 1.165) is 25.1 Å². The van der Waals surface area contributed by atoms with Crippen molar-refractivity contribution in [1.82, 2.24) is 9.80 Å². The summed E-state index contributed by atoms with van der Waals surface area (Å²) in [4.78, 5) is 31.9. The lowest BCUT2D eigenvalue weighted by molar-refractivity contribution is -0.155. The van der Waals surface area contributed by atoms with Gasteiger partial charge in [-0.15, -0.1) is 0 Å². The number of hydrogen-bond donors (Lipinski definition) is 0. The number of rotatable bonds is 3. The van der Waals surface area contributed by atoms with Gasteiger partial charge in [-0.25, -0.2) is 0 Å². The molecule has 4 rings (SSSR count). The van der Waals surface area contributed by atoms with Gasteiger partial charge in [0.1, 0.15) is 0 Å². The molecule has 0 aromatic heterocycles. The van der Waals surface area contributed by atoms with Crippen molar-refractivity contribution in [1.29, 1.82) is 0 Å². The predicted octanol–water partition coefficient (Wildman–Crippen LogP) is 2.39. The zero-order chi connectivity index (χ0) is 19.7. The summed E-state index contributed by atoms with van der Waals surface area (Å²) < 4.78 is 5.56. The second kappa shape index (κ2) is 7.74. The normalized spacial score (nSPS) is 24.9. The molecule has 152 valence electrons. The fourth-order valence-corrected chi connectivity index (χ4v) is 5.07. The molecule has 0 aliphatic carbocycles. The summed E-state index contributed by atoms with van der Waals surface area (Å²) in [5.74, 6) is 0.283. The van der Waals surface area contributed by atoms with E-state index in [0.29, 0.717) is 32.5 Å². The summed E-state index contributed by atoms with van der Waals surface area (Å²) in [7, 11) is 3.57. The first-order chi connectivity index (χ1) is 13.5. The molecule has 3 heterocycles. The number of carbonyl (C=O) groups excluding carboxylic acids is 2. The van der Waals surface area contributed by atoms with Gasteiger partial charge >= 0.3 is 0 Å². The van der Waals surface area contributed by atoms with Gasteiger partial charge in [0.05, 0.1) is 11.5 Å². The van der Waals surface area contributed by atoms with Crippen LogP contribution in [-0.2, 0) is 9.53 Å². The van der Waals surface area contributed by atoms with Crippen LogP contribution >= 0.6 is 0 Å². The average Bonchev–Trinajstić information content (AvgIpc) is 3.27. The molecule has 0 radical (unpaired) electrons. The fraction of sp³-hybridized carbons (Fsp3) is 0.636. The molecule has 0 saturated carbocycles. The number of benzene rings is 1. The molecule has 0 bridgehead atoms. The lowest BCUT2D eigenvalue weighted by Crippen LogP contribution is -2.57. The second-order valence-corrected chi connectivity index (χ2v) is 8.56. The molecule has 2 amide bonds. The summed E-state index contributed by atoms with van der Waals surface area (Å²) in [6.07, 6.45) is 4.77. The standard InChI is InChI=1S/C22H31N3O3/c1-23-16-19(28-2)15-22(21(23)27)9-13-25(14-10-22)20(26)17-5-7-18(8-6-17)24-11-3-4-12-24/h5-8,19H,3-4,9-16H2,1-2H3. The minimum Gasteiger partial charge on any atom is -0.380 e. The van der Waals surface area contributed by atoms with Crippen molar-refractivity contribution in [3.63, 3.8) is 0 Å². The maximum atomic E-state index is 13.0. The van der Waals surface area contributed by atoms with Crippen molar-refractivity contribution in [2.45, 2.75) is 38.2 Å². The zero-order valence-electron chi connectivity index (χ0n) is 17.0. The number of likely N-dealkylation sites (tertiary alicyclic amines) is 2. The van der Waals surface area contributed by atoms with Crippen LogP contribution in [-0.4, -0.2) is 74.6 Å². The van der Waals surface area contributed by atoms with Crippen molar-refractivity contribution in [2.24, 2.45) is 5.41 Å². The SMILES string of the molecule is COC1CN(C)C(=O)C2(CCN(C(=O)c3ccc(N4CCCC4)cc3)CC2)C1. The third-order valence-corrected chi connectivity index (χ3v) is 6.82. The summed E-state index contributed by atoms with van der Waals surface area (Å²) >= 11 is 0. The Kier molecular flexibility index (Phi) is 5.32. The van der Waals surface area contributed by atoms with E-state index in [4.69, 9.17) is 4.74 Å². The van der Waals surface area contributed by atoms with E-state index < -0.39 is 0 Å². The molecular weight excluding hydrogens is 354 g/mol. The van der Waals surface area contributed by atoms with Crippen molar-refractivity contribution in [3.05, 3.63) is 29.8 Å². The first kappa shape index (κ1) is 19.2. The monoisotopic (exact) mass is 385 g/mol. The highest BCUT2D eigenvalue weighted by Crippen LogP contribution is 2.41. The smallest absolute Gasteiger partial charge is 0.253 e. The number of amides is 2. The van der Waals surface area contributed by atoms with Gasteiger partial charge in [0.25, 0.3) is 5.91 Å². The van der Waals surface area contributed by atoms with Gasteiger partial charge in [-0.3, -0.25) is 9.59 Å². The lowest BCUT2D eigenvalue weighted by atomic mass is 9.71. The Bertz CT molecular complexity index is 719. The number of ether oxygens (including phenoxy) is 1. The Morgan fingerprint density at radius 2 is 1.71 bits per heavy atom. The average molecular weight is 386 g/mol. The van der Waals surface area contributed by atoms with Gasteiger partial charge in [-0.2, -0.15) is 0 Å². The Morgan fingerprint density at radius 1 is 1.07 bits per heavy atom. The van der Waals surface area contributed by atoms with E-state index in [1.165, 1.54) is 18.5 Å². The number of anilines is 1. The first-order valence-corrected chi connectivity index (χ1v) is 10.4. The third-order valence-electron chi connectivity index (χ3n) is 6.82. The zero-order valence-corrected chi connectivity index (χ0v) is 17.0. The predicted molar refractivity (Wildman–Crippen MR) is 109 cm³/mol. The molecule has 6 heteroatoms. The molecule has 28 heavy (non-hydrogen) atoms. The topological polar surface area (TPSA) is 53.1 Å². The van der Waals surface area contributed by atoms with Gasteiger partial charge in [0.15, 0.2) is 0 Å². The van der Waals surface area contributed by atoms with E-state index in [9.17, 15) is 9.59 Å². The summed E-state index contributed by atoms with van der Waals surface area (Å²) in [6.45, 7) is 4.12. The van der Waals surface area contributed by atoms with Crippen LogP contribution in [0.4, 0.5) is 5.69 Å². The number of methoxy groups -OCH3 is 1. The first-order valence-electron chi connectivity index (χ1n) is 10.4. The molecule has 3 fully saturated rings. The van der Waals surface area contributed by atoms with Crippen molar-refractivity contribution < 1.29 is 14.3 Å². The lowest BCUT2D eigenvalue weighted by Gasteiger charge is -2.47. The van der Waals surface area contributed by atoms with E-state index in [-0.39, 0.29) is 23.3 Å². The molecule has 1 aromatic rings. The van der Waals surface area contributed by atoms with Crippen LogP contribution in [0.25, 0.3) is 0 Å². The van der Waals surface area contributed by atoms with Crippen molar-refractivity contribution in [3.8, 4) is 0 Å². The summed E-state index contributed by atoms with van der Waals surface area (Å²) in [5.41, 5.74) is 1.57. The minimum absolute atomic E-state index is 0.0720. The molecule has 6 nitrogen and oxygen atoms in total. The van der Waals surface area contributed by atoms with E-state index in [1.54, 1.807) is 12.0 Å². The van der Waals surface area contributed by atoms with Gasteiger partial charge in [-0.1, -0.05) is 0 Å². The highest BCUT2D eigenvalue weighted by molar-refractivity contribution is 5.95. The Hall–Kier alpha value is -2.08. The summed E-state index contributed by atoms with van der Waals surface area (Å²) in [5, 5.41) is 0. The van der Waals surface area contributed by atoms with Gasteiger partial charge < -0.3 is 19.4 Å². The van der Waals surface area contributed by atoms with Crippen LogP contribution in [0.15, 0.2) is 24.3 Å². The van der Waals surface area contributed by atoms with Gasteiger partial charge in [0, 0.05) is 58.1 Å². The molecule has 1 atom stereocenters. The molecule has 3 aliphatic rings. The number of likely N-dealkylation sites (N-methyl/N-ethyl adjacent to an activating group) is 1. The molecule has 1 unspecified atom stereocenters. The Balaban J connectivity index is 1.40. The maximum Gasteiger partial charge on any atom is 0.253 e. The highest BCUT2D eigenvalue weighted by Gasteiger charge is 2.48. The van der Waals surface area contributed by atoms with Crippen molar-refractivity contribution in [2.75, 3.05) is 51.8 Å². The summed E-state index contributed by atoms with van der Waals surface area (Å²) in [6, 6.07) is 8.02. The molecule has 1 spiro atoms. The van der Waals surface area contributed by atoms with Gasteiger partial charge in [-0.05, 0) is 56.4 Å². The van der Waals surface area contributed by atoms with Crippen LogP contribution < -0.4 is 4.90 Å². The van der Waals surface area contributed by atoms with E-state index in [2.05, 4.69) is 17.0 Å². The largest absolute Gasteiger partial charge is 0.380 e. The molecule has 1 aromatic carbocycles. The number of hydrogen-bond acceptors (Lipinski definition) is 4. The minimum atomic E-state index is -0.371. The number of piperidine rings is 2. The van der Waals surface area contributed by atoms with Crippen LogP contribution in [0.1, 0.15) is 42.5 Å². The van der Waals surface area contributed by atoms with Crippen molar-refractivity contribution >= 4 is 17.5 Å². The molecular formula is C22H31N3O3. The van der Waals surface area contributed by atoms with Crippen LogP contribution in [0.3, 0.4) is 0 Å². The quantitative estimate of drug-likeness (QED) is 0.802. The van der Waals surface area contributed by atoms with Crippen LogP contribution in [0.2, 0.25) is 0 Å². The Morgan fingerprint density at radius 3 is 2.32 bits per heavy atom. The number of nitrogens with zero attached hydrogens (tertiary/aromatic N) is 3. The molecule has 3 aliphatic heterocycles. The number of carbonyl (C=O) groups is 2. The third kappa shape index (κ3) is 3.50. The Labute approximate surface area is 167 Å². The van der Waals surface area contributed by atoms with Crippen LogP contribution in [0.5, 0.6) is 0 Å². The highest BCUT2D eigenvalue weighted by atomic mass is 16.5. The molecule has 3 saturated heterocycles.